The van der Waals surface area contributed by atoms with Crippen molar-refractivity contribution < 1.29 is 9.90 Å². The Kier molecular flexibility index (Phi) is 4.97. The van der Waals surface area contributed by atoms with Crippen LogP contribution in [0.3, 0.4) is 0 Å². The molecule has 0 radical (unpaired) electrons. The molecule has 122 valence electrons. The number of hydrogen-bond donors (Lipinski definition) is 2. The van der Waals surface area contributed by atoms with Crippen molar-refractivity contribution in [2.45, 2.75) is 44.4 Å². The first-order valence-electron chi connectivity index (χ1n) is 7.93. The second-order valence-electron chi connectivity index (χ2n) is 6.07. The van der Waals surface area contributed by atoms with Crippen molar-refractivity contribution in [3.63, 3.8) is 0 Å². The van der Waals surface area contributed by atoms with Gasteiger partial charge >= 0.3 is 0 Å². The predicted molar refractivity (Wildman–Crippen MR) is 83.2 cm³/mol. The third kappa shape index (κ3) is 4.35. The maximum Gasteiger partial charge on any atom is 0.222 e. The Morgan fingerprint density at radius 2 is 2.13 bits per heavy atom. The summed E-state index contributed by atoms with van der Waals surface area (Å²) in [5, 5.41) is 23.5. The van der Waals surface area contributed by atoms with Gasteiger partial charge in [0.2, 0.25) is 5.91 Å². The maximum atomic E-state index is 12.2. The number of benzene rings is 1. The molecule has 1 aliphatic carbocycles. The van der Waals surface area contributed by atoms with Crippen LogP contribution in [0.1, 0.15) is 24.8 Å². The van der Waals surface area contributed by atoms with Gasteiger partial charge in [-0.25, -0.2) is 4.68 Å². The molecular weight excluding hydrogens is 294 g/mol. The summed E-state index contributed by atoms with van der Waals surface area (Å²) in [7, 11) is 0. The summed E-state index contributed by atoms with van der Waals surface area (Å²) in [5.74, 6) is 0.324. The molecule has 2 aromatic rings. The zero-order valence-corrected chi connectivity index (χ0v) is 12.9. The number of rotatable bonds is 7. The summed E-state index contributed by atoms with van der Waals surface area (Å²) < 4.78 is 1.54. The molecule has 0 bridgehead atoms. The highest BCUT2D eigenvalue weighted by Crippen LogP contribution is 2.31. The van der Waals surface area contributed by atoms with Crippen molar-refractivity contribution in [2.75, 3.05) is 0 Å². The number of nitrogens with one attached hydrogen (secondary N) is 1. The molecule has 0 spiro atoms. The van der Waals surface area contributed by atoms with E-state index >= 15 is 0 Å². The van der Waals surface area contributed by atoms with Gasteiger partial charge in [0.05, 0.1) is 12.6 Å². The van der Waals surface area contributed by atoms with Gasteiger partial charge in [0.1, 0.15) is 6.33 Å². The molecule has 0 unspecified atom stereocenters. The molecule has 7 heteroatoms. The summed E-state index contributed by atoms with van der Waals surface area (Å²) >= 11 is 0. The third-order valence-corrected chi connectivity index (χ3v) is 4.32. The second kappa shape index (κ2) is 7.32. The lowest BCUT2D eigenvalue weighted by molar-refractivity contribution is -0.123. The van der Waals surface area contributed by atoms with E-state index in [1.54, 1.807) is 4.68 Å². The van der Waals surface area contributed by atoms with Crippen molar-refractivity contribution >= 4 is 5.91 Å². The van der Waals surface area contributed by atoms with Gasteiger partial charge in [-0.1, -0.05) is 30.3 Å². The SMILES string of the molecule is O=C(CCn1cnnn1)N[C@@H](Cc1ccccc1)C1CC(O)C1. The number of aliphatic hydroxyl groups is 1. The Hall–Kier alpha value is -2.28. The van der Waals surface area contributed by atoms with Crippen LogP contribution in [0.25, 0.3) is 0 Å². The minimum absolute atomic E-state index is 0.0113. The van der Waals surface area contributed by atoms with E-state index in [2.05, 4.69) is 33.0 Å². The average molecular weight is 315 g/mol. The summed E-state index contributed by atoms with van der Waals surface area (Å²) in [4.78, 5) is 12.2. The quantitative estimate of drug-likeness (QED) is 0.779. The Balaban J connectivity index is 1.55. The Morgan fingerprint density at radius 3 is 2.78 bits per heavy atom. The van der Waals surface area contributed by atoms with E-state index in [0.29, 0.717) is 18.9 Å². The molecule has 1 aromatic heterocycles. The number of nitrogens with zero attached hydrogens (tertiary/aromatic N) is 4. The first-order chi connectivity index (χ1) is 11.2. The van der Waals surface area contributed by atoms with Gasteiger partial charge in [-0.15, -0.1) is 5.10 Å². The number of hydrogen-bond acceptors (Lipinski definition) is 5. The van der Waals surface area contributed by atoms with Crippen molar-refractivity contribution in [2.24, 2.45) is 5.92 Å². The molecular formula is C16H21N5O2. The third-order valence-electron chi connectivity index (χ3n) is 4.32. The van der Waals surface area contributed by atoms with Crippen molar-refractivity contribution in [1.82, 2.24) is 25.5 Å². The standard InChI is InChI=1S/C16H21N5O2/c22-14-9-13(10-14)15(8-12-4-2-1-3-5-12)18-16(23)6-7-21-11-17-19-20-21/h1-5,11,13-15,22H,6-10H2,(H,18,23)/t13?,14?,15-/m0/s1. The summed E-state index contributed by atoms with van der Waals surface area (Å²) in [6.45, 7) is 0.462. The van der Waals surface area contributed by atoms with Gasteiger partial charge in [0.15, 0.2) is 0 Å². The molecule has 23 heavy (non-hydrogen) atoms. The molecule has 0 saturated heterocycles. The molecule has 1 heterocycles. The molecule has 7 nitrogen and oxygen atoms in total. The van der Waals surface area contributed by atoms with Crippen LogP contribution in [0, 0.1) is 5.92 Å². The van der Waals surface area contributed by atoms with Gasteiger partial charge in [0, 0.05) is 12.5 Å². The lowest BCUT2D eigenvalue weighted by atomic mass is 9.75. The van der Waals surface area contributed by atoms with Crippen LogP contribution >= 0.6 is 0 Å². The van der Waals surface area contributed by atoms with Gasteiger partial charge in [-0.05, 0) is 41.2 Å². The molecule has 2 N–H and O–H groups in total. The van der Waals surface area contributed by atoms with Crippen LogP contribution in [-0.2, 0) is 17.8 Å². The molecule has 3 rings (SSSR count). The number of aryl methyl sites for hydroxylation is 1. The Morgan fingerprint density at radius 1 is 1.35 bits per heavy atom. The van der Waals surface area contributed by atoms with E-state index in [0.717, 1.165) is 19.3 Å². The summed E-state index contributed by atoms with van der Waals surface area (Å²) in [6, 6.07) is 10.2. The molecule has 1 amide bonds. The Labute approximate surface area is 134 Å². The average Bonchev–Trinajstić information content (AvgIpc) is 3.04. The second-order valence-corrected chi connectivity index (χ2v) is 6.07. The molecule has 0 aliphatic heterocycles. The predicted octanol–water partition coefficient (Wildman–Crippen LogP) is 0.562. The van der Waals surface area contributed by atoms with E-state index in [9.17, 15) is 9.90 Å². The van der Waals surface area contributed by atoms with Crippen LogP contribution in [0.5, 0.6) is 0 Å². The highest BCUT2D eigenvalue weighted by molar-refractivity contribution is 5.76. The lowest BCUT2D eigenvalue weighted by Crippen LogP contribution is -2.48. The first-order valence-corrected chi connectivity index (χ1v) is 7.93. The van der Waals surface area contributed by atoms with E-state index in [1.165, 1.54) is 11.9 Å². The maximum absolute atomic E-state index is 12.2. The zero-order valence-electron chi connectivity index (χ0n) is 12.9. The van der Waals surface area contributed by atoms with Crippen LogP contribution < -0.4 is 5.32 Å². The van der Waals surface area contributed by atoms with Gasteiger partial charge < -0.3 is 10.4 Å². The lowest BCUT2D eigenvalue weighted by Gasteiger charge is -2.38. The van der Waals surface area contributed by atoms with Crippen LogP contribution in [0.4, 0.5) is 0 Å². The van der Waals surface area contributed by atoms with Crippen molar-refractivity contribution in [3.05, 3.63) is 42.2 Å². The molecule has 1 saturated carbocycles. The number of aliphatic hydroxyl groups excluding tert-OH is 1. The molecule has 1 aliphatic rings. The van der Waals surface area contributed by atoms with E-state index in [1.807, 2.05) is 18.2 Å². The summed E-state index contributed by atoms with van der Waals surface area (Å²) in [6.07, 6.45) is 3.91. The van der Waals surface area contributed by atoms with Crippen molar-refractivity contribution in [1.29, 1.82) is 0 Å². The van der Waals surface area contributed by atoms with Crippen LogP contribution in [-0.4, -0.2) is 43.4 Å². The largest absolute Gasteiger partial charge is 0.393 e. The van der Waals surface area contributed by atoms with Crippen molar-refractivity contribution in [3.8, 4) is 0 Å². The number of amides is 1. The smallest absolute Gasteiger partial charge is 0.222 e. The fourth-order valence-electron chi connectivity index (χ4n) is 2.94. The zero-order chi connectivity index (χ0) is 16.1. The van der Waals surface area contributed by atoms with E-state index < -0.39 is 0 Å². The Bertz CT molecular complexity index is 611. The molecule has 1 fully saturated rings. The van der Waals surface area contributed by atoms with Crippen LogP contribution in [0.15, 0.2) is 36.7 Å². The highest BCUT2D eigenvalue weighted by atomic mass is 16.3. The first kappa shape index (κ1) is 15.6. The van der Waals surface area contributed by atoms with Gasteiger partial charge in [0.25, 0.3) is 0 Å². The molecule has 1 atom stereocenters. The van der Waals surface area contributed by atoms with E-state index in [-0.39, 0.29) is 18.1 Å². The van der Waals surface area contributed by atoms with Crippen LogP contribution in [0.2, 0.25) is 0 Å². The van der Waals surface area contributed by atoms with Gasteiger partial charge in [-0.3, -0.25) is 4.79 Å². The topological polar surface area (TPSA) is 92.9 Å². The normalized spacial score (nSPS) is 21.4. The monoisotopic (exact) mass is 315 g/mol. The number of aromatic nitrogens is 4. The molecule has 1 aromatic carbocycles. The number of carbonyl (C=O) groups is 1. The fraction of sp³-hybridized carbons (Fsp3) is 0.500. The minimum Gasteiger partial charge on any atom is -0.393 e. The summed E-state index contributed by atoms with van der Waals surface area (Å²) in [5.41, 5.74) is 1.19. The highest BCUT2D eigenvalue weighted by Gasteiger charge is 2.34. The van der Waals surface area contributed by atoms with E-state index in [4.69, 9.17) is 0 Å². The number of carbonyl (C=O) groups excluding carboxylic acids is 1. The minimum atomic E-state index is -0.226. The fourth-order valence-corrected chi connectivity index (χ4v) is 2.94. The number of tetrazole rings is 1. The van der Waals surface area contributed by atoms with Gasteiger partial charge in [-0.2, -0.15) is 0 Å².